The van der Waals surface area contributed by atoms with Crippen LogP contribution in [0.3, 0.4) is 0 Å². The first-order valence-electron chi connectivity index (χ1n) is 5.09. The van der Waals surface area contributed by atoms with Crippen LogP contribution in [0.2, 0.25) is 0 Å². The highest BCUT2D eigenvalue weighted by atomic mass is 16.5. The minimum Gasteiger partial charge on any atom is -0.369 e. The van der Waals surface area contributed by atoms with Crippen molar-refractivity contribution in [3.63, 3.8) is 0 Å². The van der Waals surface area contributed by atoms with E-state index in [1.54, 1.807) is 10.9 Å². The molecule has 0 bridgehead atoms. The van der Waals surface area contributed by atoms with Gasteiger partial charge in [-0.05, 0) is 12.8 Å². The fourth-order valence-electron chi connectivity index (χ4n) is 1.95. The number of imidazole rings is 1. The number of aromatic amines is 1. The highest BCUT2D eigenvalue weighted by molar-refractivity contribution is 5.70. The first-order chi connectivity index (χ1) is 7.75. The minimum absolute atomic E-state index is 0.0672. The van der Waals surface area contributed by atoms with Gasteiger partial charge in [0.25, 0.3) is 0 Å². The Kier molecular flexibility index (Phi) is 1.93. The van der Waals surface area contributed by atoms with E-state index in [2.05, 4.69) is 15.0 Å². The zero-order valence-electron chi connectivity index (χ0n) is 8.51. The third kappa shape index (κ3) is 1.28. The molecule has 3 heterocycles. The summed E-state index contributed by atoms with van der Waals surface area (Å²) in [5.74, 6) is 0.0947. The van der Waals surface area contributed by atoms with Crippen molar-refractivity contribution in [3.05, 3.63) is 16.7 Å². The number of hydrogen-bond donors (Lipinski definition) is 2. The number of nitrogen functional groups attached to an aromatic ring is 1. The predicted molar refractivity (Wildman–Crippen MR) is 56.8 cm³/mol. The van der Waals surface area contributed by atoms with Gasteiger partial charge < -0.3 is 15.5 Å². The maximum absolute atomic E-state index is 11.5. The SMILES string of the molecule is Nc1nc(=O)c2ncn(C3CCCO3)c2[nH]1. The molecule has 0 amide bonds. The Morgan fingerprint density at radius 2 is 2.50 bits per heavy atom. The van der Waals surface area contributed by atoms with Gasteiger partial charge in [-0.25, -0.2) is 4.98 Å². The molecule has 2 aromatic heterocycles. The summed E-state index contributed by atoms with van der Waals surface area (Å²) in [6, 6.07) is 0. The Morgan fingerprint density at radius 1 is 1.62 bits per heavy atom. The Balaban J connectivity index is 2.22. The lowest BCUT2D eigenvalue weighted by Gasteiger charge is -2.11. The Morgan fingerprint density at radius 3 is 3.25 bits per heavy atom. The number of rotatable bonds is 1. The Bertz CT molecular complexity index is 581. The number of aromatic nitrogens is 4. The predicted octanol–water partition coefficient (Wildman–Crippen LogP) is 0.0108. The van der Waals surface area contributed by atoms with Gasteiger partial charge in [-0.1, -0.05) is 0 Å². The van der Waals surface area contributed by atoms with E-state index in [1.165, 1.54) is 0 Å². The molecule has 3 N–H and O–H groups in total. The van der Waals surface area contributed by atoms with Gasteiger partial charge in [0.1, 0.15) is 11.9 Å². The van der Waals surface area contributed by atoms with Crippen LogP contribution in [0.5, 0.6) is 0 Å². The van der Waals surface area contributed by atoms with Gasteiger partial charge in [-0.2, -0.15) is 4.98 Å². The van der Waals surface area contributed by atoms with E-state index in [0.29, 0.717) is 11.2 Å². The number of ether oxygens (including phenoxy) is 1. The minimum atomic E-state index is -0.414. The van der Waals surface area contributed by atoms with Crippen molar-refractivity contribution in [2.24, 2.45) is 0 Å². The molecule has 7 nitrogen and oxygen atoms in total. The Labute approximate surface area is 90.3 Å². The monoisotopic (exact) mass is 221 g/mol. The van der Waals surface area contributed by atoms with Gasteiger partial charge in [0.2, 0.25) is 5.95 Å². The summed E-state index contributed by atoms with van der Waals surface area (Å²) < 4.78 is 7.32. The highest BCUT2D eigenvalue weighted by Gasteiger charge is 2.20. The molecule has 0 aromatic carbocycles. The number of nitrogens with zero attached hydrogens (tertiary/aromatic N) is 3. The van der Waals surface area contributed by atoms with Crippen molar-refractivity contribution < 1.29 is 4.74 Å². The topological polar surface area (TPSA) is 98.8 Å². The summed E-state index contributed by atoms with van der Waals surface area (Å²) in [4.78, 5) is 22.0. The molecule has 1 saturated heterocycles. The summed E-state index contributed by atoms with van der Waals surface area (Å²) >= 11 is 0. The molecule has 0 radical (unpaired) electrons. The second-order valence-corrected chi connectivity index (χ2v) is 3.74. The molecule has 0 saturated carbocycles. The quantitative estimate of drug-likeness (QED) is 0.706. The van der Waals surface area contributed by atoms with Crippen molar-refractivity contribution in [2.75, 3.05) is 12.3 Å². The fourth-order valence-corrected chi connectivity index (χ4v) is 1.95. The van der Waals surface area contributed by atoms with Crippen molar-refractivity contribution in [1.82, 2.24) is 19.5 Å². The number of fused-ring (bicyclic) bond motifs is 1. The van der Waals surface area contributed by atoms with E-state index in [-0.39, 0.29) is 12.2 Å². The van der Waals surface area contributed by atoms with Crippen LogP contribution in [0.1, 0.15) is 19.1 Å². The van der Waals surface area contributed by atoms with Crippen LogP contribution in [0.15, 0.2) is 11.1 Å². The summed E-state index contributed by atoms with van der Waals surface area (Å²) in [5.41, 5.74) is 5.96. The molecule has 1 unspecified atom stereocenters. The Hall–Kier alpha value is -1.89. The molecule has 7 heteroatoms. The van der Waals surface area contributed by atoms with Crippen molar-refractivity contribution in [2.45, 2.75) is 19.1 Å². The first kappa shape index (κ1) is 9.34. The maximum Gasteiger partial charge on any atom is 0.302 e. The van der Waals surface area contributed by atoms with E-state index in [1.807, 2.05) is 0 Å². The smallest absolute Gasteiger partial charge is 0.302 e. The molecule has 1 atom stereocenters. The van der Waals surface area contributed by atoms with Gasteiger partial charge in [-0.15, -0.1) is 0 Å². The molecular formula is C9H11N5O2. The van der Waals surface area contributed by atoms with Crippen LogP contribution in [0.25, 0.3) is 11.2 Å². The van der Waals surface area contributed by atoms with Gasteiger partial charge in [0.05, 0.1) is 6.33 Å². The normalized spacial score (nSPS) is 20.6. The van der Waals surface area contributed by atoms with Gasteiger partial charge >= 0.3 is 5.56 Å². The van der Waals surface area contributed by atoms with Crippen molar-refractivity contribution >= 4 is 17.1 Å². The van der Waals surface area contributed by atoms with Crippen LogP contribution >= 0.6 is 0 Å². The van der Waals surface area contributed by atoms with Crippen molar-refractivity contribution in [1.29, 1.82) is 0 Å². The maximum atomic E-state index is 11.5. The molecule has 16 heavy (non-hydrogen) atoms. The van der Waals surface area contributed by atoms with E-state index in [9.17, 15) is 4.79 Å². The average Bonchev–Trinajstić information content (AvgIpc) is 2.83. The number of nitrogens with two attached hydrogens (primary N) is 1. The largest absolute Gasteiger partial charge is 0.369 e. The molecule has 84 valence electrons. The number of nitrogens with one attached hydrogen (secondary N) is 1. The molecule has 2 aromatic rings. The van der Waals surface area contributed by atoms with Crippen LogP contribution in [-0.2, 0) is 4.74 Å². The summed E-state index contributed by atoms with van der Waals surface area (Å²) in [7, 11) is 0. The van der Waals surface area contributed by atoms with Crippen LogP contribution < -0.4 is 11.3 Å². The molecule has 1 aliphatic heterocycles. The molecular weight excluding hydrogens is 210 g/mol. The molecule has 1 fully saturated rings. The second-order valence-electron chi connectivity index (χ2n) is 3.74. The van der Waals surface area contributed by atoms with E-state index in [4.69, 9.17) is 10.5 Å². The fraction of sp³-hybridized carbons (Fsp3) is 0.444. The van der Waals surface area contributed by atoms with Crippen LogP contribution in [-0.4, -0.2) is 26.1 Å². The van der Waals surface area contributed by atoms with Crippen LogP contribution in [0.4, 0.5) is 5.95 Å². The molecule has 0 spiro atoms. The number of hydrogen-bond acceptors (Lipinski definition) is 5. The second kappa shape index (κ2) is 3.31. The first-order valence-corrected chi connectivity index (χ1v) is 5.09. The lowest BCUT2D eigenvalue weighted by molar-refractivity contribution is 0.0593. The number of H-pyrrole nitrogens is 1. The zero-order valence-corrected chi connectivity index (χ0v) is 8.51. The molecule has 0 aliphatic carbocycles. The third-order valence-electron chi connectivity index (χ3n) is 2.68. The van der Waals surface area contributed by atoms with Gasteiger partial charge in [0.15, 0.2) is 5.52 Å². The summed E-state index contributed by atoms with van der Waals surface area (Å²) in [5, 5.41) is 0. The molecule has 3 rings (SSSR count). The van der Waals surface area contributed by atoms with E-state index >= 15 is 0 Å². The average molecular weight is 221 g/mol. The van der Waals surface area contributed by atoms with E-state index < -0.39 is 5.56 Å². The molecule has 1 aliphatic rings. The summed E-state index contributed by atoms with van der Waals surface area (Å²) in [6.07, 6.45) is 3.44. The lowest BCUT2D eigenvalue weighted by atomic mass is 10.3. The van der Waals surface area contributed by atoms with Gasteiger partial charge in [0, 0.05) is 6.61 Å². The standard InChI is InChI=1S/C9H11N5O2/c10-9-12-7-6(8(15)13-9)11-4-14(7)5-2-1-3-16-5/h4-5H,1-3H2,(H3,10,12,13,15). The van der Waals surface area contributed by atoms with Crippen LogP contribution in [0, 0.1) is 0 Å². The third-order valence-corrected chi connectivity index (χ3v) is 2.68. The summed E-state index contributed by atoms with van der Waals surface area (Å²) in [6.45, 7) is 0.731. The lowest BCUT2D eigenvalue weighted by Crippen LogP contribution is -2.13. The van der Waals surface area contributed by atoms with Crippen molar-refractivity contribution in [3.8, 4) is 0 Å². The number of anilines is 1. The zero-order chi connectivity index (χ0) is 11.1. The van der Waals surface area contributed by atoms with E-state index in [0.717, 1.165) is 19.4 Å². The highest BCUT2D eigenvalue weighted by Crippen LogP contribution is 2.25. The van der Waals surface area contributed by atoms with Gasteiger partial charge in [-0.3, -0.25) is 9.36 Å².